The van der Waals surface area contributed by atoms with Gasteiger partial charge in [0.1, 0.15) is 0 Å². The Bertz CT molecular complexity index is 289. The molecule has 0 radical (unpaired) electrons. The lowest BCUT2D eigenvalue weighted by atomic mass is 10.00. The molecule has 1 heteroatoms. The molecule has 2 N–H and O–H groups in total. The van der Waals surface area contributed by atoms with E-state index in [1.807, 2.05) is 6.07 Å². The fourth-order valence-electron chi connectivity index (χ4n) is 1.59. The smallest absolute Gasteiger partial charge is 0.00823 e. The highest BCUT2D eigenvalue weighted by molar-refractivity contribution is 5.15. The van der Waals surface area contributed by atoms with Crippen molar-refractivity contribution in [2.75, 3.05) is 0 Å². The summed E-state index contributed by atoms with van der Waals surface area (Å²) in [4.78, 5) is 0. The van der Waals surface area contributed by atoms with E-state index in [0.717, 1.165) is 25.7 Å². The highest BCUT2D eigenvalue weighted by atomic mass is 14.6. The lowest BCUT2D eigenvalue weighted by Gasteiger charge is -2.12. The lowest BCUT2D eigenvalue weighted by Crippen LogP contribution is -2.22. The summed E-state index contributed by atoms with van der Waals surface area (Å²) >= 11 is 0. The first-order chi connectivity index (χ1) is 7.22. The summed E-state index contributed by atoms with van der Waals surface area (Å²) in [5.41, 5.74) is 8.70. The molecule has 0 aromatic heterocycles. The van der Waals surface area contributed by atoms with Crippen LogP contribution in [0.15, 0.2) is 42.5 Å². The third-order valence-corrected chi connectivity index (χ3v) is 2.71. The van der Waals surface area contributed by atoms with Crippen LogP contribution in [-0.2, 0) is 6.42 Å². The maximum absolute atomic E-state index is 6.07. The van der Waals surface area contributed by atoms with Crippen LogP contribution >= 0.6 is 0 Å². The molecule has 15 heavy (non-hydrogen) atoms. The van der Waals surface area contributed by atoms with Crippen molar-refractivity contribution in [2.45, 2.75) is 38.6 Å². The summed E-state index contributed by atoms with van der Waals surface area (Å²) < 4.78 is 0. The van der Waals surface area contributed by atoms with Gasteiger partial charge < -0.3 is 5.73 Å². The molecule has 1 unspecified atom stereocenters. The van der Waals surface area contributed by atoms with Gasteiger partial charge in [-0.2, -0.15) is 0 Å². The molecule has 1 aromatic carbocycles. The Morgan fingerprint density at radius 2 is 2.00 bits per heavy atom. The van der Waals surface area contributed by atoms with Crippen LogP contribution < -0.4 is 5.73 Å². The molecule has 0 spiro atoms. The topological polar surface area (TPSA) is 26.0 Å². The van der Waals surface area contributed by atoms with Crippen molar-refractivity contribution in [3.63, 3.8) is 0 Å². The first kappa shape index (κ1) is 12.0. The average Bonchev–Trinajstić information content (AvgIpc) is 2.27. The SMILES string of the molecule is C=C(CC)CCC(N)Cc1ccccc1. The molecule has 0 aliphatic rings. The molecule has 0 aliphatic heterocycles. The molecular weight excluding hydrogens is 182 g/mol. The fourth-order valence-corrected chi connectivity index (χ4v) is 1.59. The van der Waals surface area contributed by atoms with Crippen LogP contribution in [0.25, 0.3) is 0 Å². The number of allylic oxidation sites excluding steroid dienone is 1. The second-order valence-corrected chi connectivity index (χ2v) is 4.09. The normalized spacial score (nSPS) is 12.4. The Hall–Kier alpha value is -1.08. The summed E-state index contributed by atoms with van der Waals surface area (Å²) in [5.74, 6) is 0. The van der Waals surface area contributed by atoms with E-state index in [0.29, 0.717) is 0 Å². The van der Waals surface area contributed by atoms with Gasteiger partial charge in [-0.1, -0.05) is 49.4 Å². The summed E-state index contributed by atoms with van der Waals surface area (Å²) in [6.07, 6.45) is 4.14. The molecule has 0 aliphatic carbocycles. The molecule has 0 saturated carbocycles. The van der Waals surface area contributed by atoms with Gasteiger partial charge >= 0.3 is 0 Å². The number of nitrogens with two attached hydrogens (primary N) is 1. The molecule has 1 atom stereocenters. The Balaban J connectivity index is 2.30. The van der Waals surface area contributed by atoms with Gasteiger partial charge in [-0.05, 0) is 31.2 Å². The van der Waals surface area contributed by atoms with Gasteiger partial charge in [0, 0.05) is 6.04 Å². The van der Waals surface area contributed by atoms with Crippen molar-refractivity contribution in [1.29, 1.82) is 0 Å². The summed E-state index contributed by atoms with van der Waals surface area (Å²) in [6.45, 7) is 6.14. The molecule has 0 fully saturated rings. The van der Waals surface area contributed by atoms with Gasteiger partial charge in [0.25, 0.3) is 0 Å². The molecule has 82 valence electrons. The van der Waals surface area contributed by atoms with E-state index in [1.54, 1.807) is 0 Å². The average molecular weight is 203 g/mol. The number of rotatable bonds is 6. The van der Waals surface area contributed by atoms with E-state index in [9.17, 15) is 0 Å². The highest BCUT2D eigenvalue weighted by Crippen LogP contribution is 2.11. The van der Waals surface area contributed by atoms with Crippen molar-refractivity contribution in [3.8, 4) is 0 Å². The first-order valence-corrected chi connectivity index (χ1v) is 5.68. The second-order valence-electron chi connectivity index (χ2n) is 4.09. The third kappa shape index (κ3) is 4.80. The molecule has 0 heterocycles. The predicted octanol–water partition coefficient (Wildman–Crippen LogP) is 3.30. The largest absolute Gasteiger partial charge is 0.327 e. The first-order valence-electron chi connectivity index (χ1n) is 5.68. The Labute approximate surface area is 93.0 Å². The molecule has 1 aromatic rings. The number of hydrogen-bond acceptors (Lipinski definition) is 1. The number of hydrogen-bond donors (Lipinski definition) is 1. The monoisotopic (exact) mass is 203 g/mol. The highest BCUT2D eigenvalue weighted by Gasteiger charge is 2.04. The minimum absolute atomic E-state index is 0.260. The molecule has 0 amide bonds. The van der Waals surface area contributed by atoms with E-state index < -0.39 is 0 Å². The van der Waals surface area contributed by atoms with Crippen LogP contribution in [0.1, 0.15) is 31.7 Å². The molecule has 1 rings (SSSR count). The quantitative estimate of drug-likeness (QED) is 0.705. The van der Waals surface area contributed by atoms with E-state index in [1.165, 1.54) is 11.1 Å². The van der Waals surface area contributed by atoms with Gasteiger partial charge in [-0.3, -0.25) is 0 Å². The van der Waals surface area contributed by atoms with Crippen molar-refractivity contribution in [3.05, 3.63) is 48.0 Å². The lowest BCUT2D eigenvalue weighted by molar-refractivity contribution is 0.604. The van der Waals surface area contributed by atoms with Crippen LogP contribution in [0.4, 0.5) is 0 Å². The summed E-state index contributed by atoms with van der Waals surface area (Å²) in [7, 11) is 0. The van der Waals surface area contributed by atoms with Crippen molar-refractivity contribution in [1.82, 2.24) is 0 Å². The third-order valence-electron chi connectivity index (χ3n) is 2.71. The van der Waals surface area contributed by atoms with Crippen molar-refractivity contribution >= 4 is 0 Å². The van der Waals surface area contributed by atoms with E-state index >= 15 is 0 Å². The van der Waals surface area contributed by atoms with E-state index in [4.69, 9.17) is 5.73 Å². The Kier molecular flexibility index (Phi) is 5.13. The van der Waals surface area contributed by atoms with Gasteiger partial charge in [-0.25, -0.2) is 0 Å². The zero-order valence-electron chi connectivity index (χ0n) is 9.58. The van der Waals surface area contributed by atoms with Gasteiger partial charge in [0.05, 0.1) is 0 Å². The van der Waals surface area contributed by atoms with Crippen molar-refractivity contribution < 1.29 is 0 Å². The number of benzene rings is 1. The molecule has 1 nitrogen and oxygen atoms in total. The van der Waals surface area contributed by atoms with Crippen LogP contribution in [0.2, 0.25) is 0 Å². The summed E-state index contributed by atoms with van der Waals surface area (Å²) in [5, 5.41) is 0. The van der Waals surface area contributed by atoms with Crippen molar-refractivity contribution in [2.24, 2.45) is 5.73 Å². The minimum Gasteiger partial charge on any atom is -0.327 e. The predicted molar refractivity (Wildman–Crippen MR) is 66.8 cm³/mol. The van der Waals surface area contributed by atoms with Gasteiger partial charge in [0.2, 0.25) is 0 Å². The maximum Gasteiger partial charge on any atom is 0.00823 e. The van der Waals surface area contributed by atoms with Crippen LogP contribution in [-0.4, -0.2) is 6.04 Å². The second kappa shape index (κ2) is 6.41. The zero-order chi connectivity index (χ0) is 11.1. The van der Waals surface area contributed by atoms with E-state index in [2.05, 4.69) is 37.8 Å². The maximum atomic E-state index is 6.07. The van der Waals surface area contributed by atoms with Gasteiger partial charge in [-0.15, -0.1) is 0 Å². The molecule has 0 saturated heterocycles. The standard InChI is InChI=1S/C14H21N/c1-3-12(2)9-10-14(15)11-13-7-5-4-6-8-13/h4-8,14H,2-3,9-11,15H2,1H3. The fraction of sp³-hybridized carbons (Fsp3) is 0.429. The van der Waals surface area contributed by atoms with Crippen LogP contribution in [0.3, 0.4) is 0 Å². The zero-order valence-corrected chi connectivity index (χ0v) is 9.58. The van der Waals surface area contributed by atoms with Gasteiger partial charge in [0.15, 0.2) is 0 Å². The Morgan fingerprint density at radius 3 is 2.60 bits per heavy atom. The molecular formula is C14H21N. The van der Waals surface area contributed by atoms with E-state index in [-0.39, 0.29) is 6.04 Å². The van der Waals surface area contributed by atoms with Crippen LogP contribution in [0, 0.1) is 0 Å². The van der Waals surface area contributed by atoms with Crippen LogP contribution in [0.5, 0.6) is 0 Å². The molecule has 0 bridgehead atoms. The minimum atomic E-state index is 0.260. The summed E-state index contributed by atoms with van der Waals surface area (Å²) in [6, 6.07) is 10.7. The Morgan fingerprint density at radius 1 is 1.33 bits per heavy atom.